The third kappa shape index (κ3) is 8.65. The van der Waals surface area contributed by atoms with Gasteiger partial charge in [0.15, 0.2) is 0 Å². The maximum atomic E-state index is 13.8. The highest BCUT2D eigenvalue weighted by Gasteiger charge is 2.63. The van der Waals surface area contributed by atoms with Gasteiger partial charge < -0.3 is 44.8 Å². The van der Waals surface area contributed by atoms with Gasteiger partial charge in [0.25, 0.3) is 0 Å². The van der Waals surface area contributed by atoms with Crippen molar-refractivity contribution in [3.05, 3.63) is 36.0 Å². The van der Waals surface area contributed by atoms with Crippen molar-refractivity contribution in [1.29, 1.82) is 0 Å². The van der Waals surface area contributed by atoms with Crippen LogP contribution in [-0.4, -0.2) is 97.3 Å². The maximum Gasteiger partial charge on any atom is 0.314 e. The molecular weight excluding hydrogens is 580 g/mol. The molecule has 45 heavy (non-hydrogen) atoms. The quantitative estimate of drug-likeness (QED) is 0.132. The Kier molecular flexibility index (Phi) is 13.0. The van der Waals surface area contributed by atoms with Crippen LogP contribution in [0.25, 0.3) is 0 Å². The molecule has 3 rings (SSSR count). The number of carbonyl (C=O) groups excluding carboxylic acids is 1. The van der Waals surface area contributed by atoms with Gasteiger partial charge in [-0.2, -0.15) is 0 Å². The molecule has 2 saturated heterocycles. The van der Waals surface area contributed by atoms with E-state index < -0.39 is 71.9 Å². The molecule has 0 amide bonds. The minimum absolute atomic E-state index is 0.132. The second-order valence-corrected chi connectivity index (χ2v) is 14.5. The fraction of sp³-hybridized carbons (Fsp3) is 0.800. The zero-order valence-electron chi connectivity index (χ0n) is 28.2. The van der Waals surface area contributed by atoms with E-state index in [0.29, 0.717) is 25.7 Å². The lowest BCUT2D eigenvalue weighted by molar-refractivity contribution is -0.347. The van der Waals surface area contributed by atoms with Crippen molar-refractivity contribution in [2.24, 2.45) is 35.5 Å². The molecule has 258 valence electrons. The molecular formula is C35H58O10. The van der Waals surface area contributed by atoms with Gasteiger partial charge in [0.1, 0.15) is 29.8 Å². The summed E-state index contributed by atoms with van der Waals surface area (Å²) >= 11 is 0. The summed E-state index contributed by atoms with van der Waals surface area (Å²) in [5.74, 6) is -5.71. The van der Waals surface area contributed by atoms with Crippen LogP contribution < -0.4 is 0 Å². The second-order valence-electron chi connectivity index (χ2n) is 14.5. The van der Waals surface area contributed by atoms with E-state index in [-0.39, 0.29) is 30.3 Å². The molecule has 10 heteroatoms. The van der Waals surface area contributed by atoms with Crippen molar-refractivity contribution in [3.63, 3.8) is 0 Å². The summed E-state index contributed by atoms with van der Waals surface area (Å²) in [6, 6.07) is 0. The molecule has 3 heterocycles. The summed E-state index contributed by atoms with van der Waals surface area (Å²) in [6.45, 7) is 14.6. The SMILES string of the molecule is C/C(=C\C(C)C(O)C(C)CO)C1OC1(C)C1OC(=O)C(C)C2(O)OC(/C=C\CC(O)/C=C/CCC1C)C(CC(C)C)C(O)C2O. The lowest BCUT2D eigenvalue weighted by Gasteiger charge is -2.49. The number of aliphatic hydroxyl groups is 6. The minimum Gasteiger partial charge on any atom is -0.459 e. The summed E-state index contributed by atoms with van der Waals surface area (Å²) in [5, 5.41) is 64.7. The van der Waals surface area contributed by atoms with Crippen molar-refractivity contribution in [2.45, 2.75) is 135 Å². The highest BCUT2D eigenvalue weighted by molar-refractivity contribution is 5.74. The first-order chi connectivity index (χ1) is 21.0. The number of fused-ring (bicyclic) bond motifs is 2. The Morgan fingerprint density at radius 1 is 1.09 bits per heavy atom. The van der Waals surface area contributed by atoms with Gasteiger partial charge in [-0.05, 0) is 63.9 Å². The Morgan fingerprint density at radius 3 is 2.38 bits per heavy atom. The monoisotopic (exact) mass is 638 g/mol. The molecule has 10 nitrogen and oxygen atoms in total. The number of hydrogen-bond donors (Lipinski definition) is 6. The van der Waals surface area contributed by atoms with Crippen molar-refractivity contribution < 1.29 is 49.6 Å². The number of epoxide rings is 1. The van der Waals surface area contributed by atoms with E-state index in [0.717, 1.165) is 5.57 Å². The topological polar surface area (TPSA) is 169 Å². The smallest absolute Gasteiger partial charge is 0.314 e. The van der Waals surface area contributed by atoms with Crippen LogP contribution in [0.1, 0.15) is 81.1 Å². The van der Waals surface area contributed by atoms with Crippen LogP contribution in [0.4, 0.5) is 0 Å². The van der Waals surface area contributed by atoms with Crippen LogP contribution in [0.2, 0.25) is 0 Å². The number of rotatable bonds is 8. The fourth-order valence-corrected chi connectivity index (χ4v) is 7.00. The normalized spacial score (nSPS) is 43.7. The van der Waals surface area contributed by atoms with Crippen LogP contribution in [-0.2, 0) is 19.0 Å². The number of hydrogen-bond acceptors (Lipinski definition) is 10. The Bertz CT molecular complexity index is 1070. The number of carbonyl (C=O) groups is 1. The van der Waals surface area contributed by atoms with Gasteiger partial charge in [-0.3, -0.25) is 4.79 Å². The summed E-state index contributed by atoms with van der Waals surface area (Å²) in [5.41, 5.74) is -0.0432. The average Bonchev–Trinajstić information content (AvgIpc) is 3.68. The van der Waals surface area contributed by atoms with E-state index in [4.69, 9.17) is 14.2 Å². The molecule has 2 fully saturated rings. The first kappa shape index (κ1) is 37.8. The van der Waals surface area contributed by atoms with E-state index in [1.165, 1.54) is 6.92 Å². The molecule has 14 atom stereocenters. The predicted molar refractivity (Wildman–Crippen MR) is 170 cm³/mol. The Hall–Kier alpha value is -1.63. The van der Waals surface area contributed by atoms with Crippen molar-refractivity contribution in [2.75, 3.05) is 6.61 Å². The summed E-state index contributed by atoms with van der Waals surface area (Å²) < 4.78 is 18.4. The highest BCUT2D eigenvalue weighted by atomic mass is 16.7. The molecule has 0 radical (unpaired) electrons. The third-order valence-corrected chi connectivity index (χ3v) is 10.0. The molecule has 0 aliphatic carbocycles. The number of aliphatic hydroxyl groups excluding tert-OH is 5. The number of allylic oxidation sites excluding steroid dienone is 1. The molecule has 6 N–H and O–H groups in total. The highest BCUT2D eigenvalue weighted by Crippen LogP contribution is 2.49. The third-order valence-electron chi connectivity index (χ3n) is 10.0. The molecule has 0 aromatic carbocycles. The summed E-state index contributed by atoms with van der Waals surface area (Å²) in [4.78, 5) is 13.8. The molecule has 0 aromatic heterocycles. The molecule has 0 spiro atoms. The van der Waals surface area contributed by atoms with E-state index in [1.807, 2.05) is 53.7 Å². The zero-order valence-corrected chi connectivity index (χ0v) is 28.2. The fourth-order valence-electron chi connectivity index (χ4n) is 7.00. The van der Waals surface area contributed by atoms with Crippen LogP contribution >= 0.6 is 0 Å². The molecule has 0 saturated carbocycles. The van der Waals surface area contributed by atoms with Crippen LogP contribution in [0.15, 0.2) is 36.0 Å². The number of cyclic esters (lactones) is 1. The first-order valence-corrected chi connectivity index (χ1v) is 16.6. The van der Waals surface area contributed by atoms with Crippen LogP contribution in [0.3, 0.4) is 0 Å². The van der Waals surface area contributed by atoms with Crippen molar-refractivity contribution in [1.82, 2.24) is 0 Å². The summed E-state index contributed by atoms with van der Waals surface area (Å²) in [7, 11) is 0. The van der Waals surface area contributed by atoms with Crippen LogP contribution in [0.5, 0.6) is 0 Å². The Morgan fingerprint density at radius 2 is 1.76 bits per heavy atom. The number of esters is 1. The van der Waals surface area contributed by atoms with Gasteiger partial charge in [0, 0.05) is 24.4 Å². The Balaban J connectivity index is 1.94. The zero-order chi connectivity index (χ0) is 33.9. The van der Waals surface area contributed by atoms with E-state index >= 15 is 0 Å². The maximum absolute atomic E-state index is 13.8. The standard InChI is InChI=1S/C35H58O10/c1-19(2)16-26-27-15-11-14-25(37)13-10-9-12-20(3)31(43-33(41)24(7)35(42,44-27)30(40)29(26)39)34(8)32(45-34)22(5)17-21(4)28(38)23(6)18-36/h10-11,13,15,17,19-21,23-32,36-40,42H,9,12,14,16,18H2,1-8H3/b13-10+,15-11-,22-17+. The van der Waals surface area contributed by atoms with E-state index in [1.54, 1.807) is 25.2 Å². The lowest BCUT2D eigenvalue weighted by Crippen LogP contribution is -2.66. The van der Waals surface area contributed by atoms with Gasteiger partial charge in [-0.25, -0.2) is 0 Å². The molecule has 3 aliphatic heterocycles. The van der Waals surface area contributed by atoms with Gasteiger partial charge in [-0.15, -0.1) is 0 Å². The minimum atomic E-state index is -2.43. The van der Waals surface area contributed by atoms with Crippen molar-refractivity contribution in [3.8, 4) is 0 Å². The van der Waals surface area contributed by atoms with Crippen LogP contribution in [0, 0.1) is 35.5 Å². The Labute approximate surface area is 268 Å². The molecule has 2 bridgehead atoms. The first-order valence-electron chi connectivity index (χ1n) is 16.6. The number of ether oxygens (including phenoxy) is 3. The lowest BCUT2D eigenvalue weighted by atomic mass is 9.77. The second kappa shape index (κ2) is 15.5. The van der Waals surface area contributed by atoms with Crippen molar-refractivity contribution >= 4 is 5.97 Å². The van der Waals surface area contributed by atoms with Gasteiger partial charge in [-0.1, -0.05) is 65.0 Å². The average molecular weight is 639 g/mol. The molecule has 3 aliphatic rings. The molecule has 14 unspecified atom stereocenters. The molecule has 0 aromatic rings. The summed E-state index contributed by atoms with van der Waals surface area (Å²) in [6.07, 6.45) is 4.39. The van der Waals surface area contributed by atoms with Gasteiger partial charge >= 0.3 is 5.97 Å². The van der Waals surface area contributed by atoms with Gasteiger partial charge in [0.05, 0.1) is 24.4 Å². The van der Waals surface area contributed by atoms with Gasteiger partial charge in [0.2, 0.25) is 5.79 Å². The van der Waals surface area contributed by atoms with E-state index in [9.17, 15) is 35.4 Å². The largest absolute Gasteiger partial charge is 0.459 e. The van der Waals surface area contributed by atoms with E-state index in [2.05, 4.69) is 0 Å². The predicted octanol–water partition coefficient (Wildman–Crippen LogP) is 3.03.